The van der Waals surface area contributed by atoms with E-state index >= 15 is 0 Å². The Hall–Kier alpha value is -0.520. The highest BCUT2D eigenvalue weighted by Crippen LogP contribution is 2.46. The highest BCUT2D eigenvalue weighted by molar-refractivity contribution is 5.10. The second-order valence-corrected chi connectivity index (χ2v) is 10.7. The smallest absolute Gasteiger partial charge is 0.0199 e. The summed E-state index contributed by atoms with van der Waals surface area (Å²) < 4.78 is 0. The van der Waals surface area contributed by atoms with Crippen LogP contribution in [0.3, 0.4) is 0 Å². The van der Waals surface area contributed by atoms with Crippen molar-refractivity contribution in [1.82, 2.24) is 0 Å². The van der Waals surface area contributed by atoms with Crippen molar-refractivity contribution >= 4 is 0 Å². The number of hydrogen-bond acceptors (Lipinski definition) is 0. The van der Waals surface area contributed by atoms with Crippen LogP contribution in [0, 0.1) is 47.3 Å². The van der Waals surface area contributed by atoms with E-state index in [1.165, 1.54) is 77.0 Å². The van der Waals surface area contributed by atoms with Crippen LogP contribution < -0.4 is 0 Å². The molecule has 0 spiro atoms. The van der Waals surface area contributed by atoms with Crippen molar-refractivity contribution in [2.24, 2.45) is 47.3 Å². The molecular weight excluding hydrogens is 312 g/mol. The average molecular weight is 355 g/mol. The molecule has 4 rings (SSSR count). The maximum absolute atomic E-state index is 2.53. The maximum Gasteiger partial charge on any atom is -0.0199 e. The molecule has 26 heavy (non-hydrogen) atoms. The molecule has 0 nitrogen and oxygen atoms in total. The molecule has 0 aromatic rings. The quantitative estimate of drug-likeness (QED) is 0.262. The summed E-state index contributed by atoms with van der Waals surface area (Å²) in [7, 11) is 0. The van der Waals surface area contributed by atoms with Gasteiger partial charge in [-0.15, -0.1) is 0 Å². The number of rotatable bonds is 11. The van der Waals surface area contributed by atoms with Crippen molar-refractivity contribution in [2.45, 2.75) is 90.9 Å². The molecule has 4 aliphatic rings. The first kappa shape index (κ1) is 18.8. The predicted octanol–water partition coefficient (Wildman–Crippen LogP) is 7.80. The molecule has 0 aromatic heterocycles. The Balaban J connectivity index is 1.01. The molecule has 0 heterocycles. The van der Waals surface area contributed by atoms with Crippen LogP contribution in [-0.4, -0.2) is 0 Å². The Morgan fingerprint density at radius 2 is 1.08 bits per heavy atom. The van der Waals surface area contributed by atoms with Gasteiger partial charge in [-0.2, -0.15) is 0 Å². The van der Waals surface area contributed by atoms with Gasteiger partial charge in [-0.05, 0) is 85.9 Å². The standard InChI is InChI=1S/C26H42/c1-19(7-11-23-15-21-9-13-25(23)17-21)5-3-4-6-20(2)8-12-24-16-22-10-14-26(24)18-22/h9-10,13-14,19-26H,3-8,11-12,15-18H2,1-2H3. The van der Waals surface area contributed by atoms with E-state index in [0.717, 1.165) is 47.3 Å². The van der Waals surface area contributed by atoms with Gasteiger partial charge in [0.2, 0.25) is 0 Å². The number of unbranched alkanes of at least 4 members (excludes halogenated alkanes) is 1. The van der Waals surface area contributed by atoms with Gasteiger partial charge < -0.3 is 0 Å². The normalized spacial score (nSPS) is 39.2. The van der Waals surface area contributed by atoms with Gasteiger partial charge in [0, 0.05) is 0 Å². The van der Waals surface area contributed by atoms with Crippen molar-refractivity contribution < 1.29 is 0 Å². The van der Waals surface area contributed by atoms with Gasteiger partial charge in [0.25, 0.3) is 0 Å². The Morgan fingerprint density at radius 1 is 0.615 bits per heavy atom. The van der Waals surface area contributed by atoms with Gasteiger partial charge in [-0.3, -0.25) is 0 Å². The Bertz CT molecular complexity index is 454. The van der Waals surface area contributed by atoms with E-state index in [2.05, 4.69) is 38.2 Å². The minimum atomic E-state index is 0.953. The second-order valence-electron chi connectivity index (χ2n) is 10.7. The Labute approximate surface area is 162 Å². The zero-order valence-corrected chi connectivity index (χ0v) is 17.4. The molecule has 0 aromatic carbocycles. The van der Waals surface area contributed by atoms with E-state index in [1.807, 2.05) is 0 Å². The van der Waals surface area contributed by atoms with Crippen molar-refractivity contribution in [3.63, 3.8) is 0 Å². The van der Waals surface area contributed by atoms with E-state index in [1.54, 1.807) is 0 Å². The number of fused-ring (bicyclic) bond motifs is 4. The van der Waals surface area contributed by atoms with Crippen molar-refractivity contribution in [2.75, 3.05) is 0 Å². The highest BCUT2D eigenvalue weighted by Gasteiger charge is 2.36. The Kier molecular flexibility index (Phi) is 6.27. The molecule has 0 saturated heterocycles. The predicted molar refractivity (Wildman–Crippen MR) is 113 cm³/mol. The summed E-state index contributed by atoms with van der Waals surface area (Å²) in [6.45, 7) is 5.02. The SMILES string of the molecule is CC(CCCCC(C)CCC1CC2C=CC1C2)CCC1CC2C=CC1C2. The molecule has 2 saturated carbocycles. The van der Waals surface area contributed by atoms with E-state index < -0.39 is 0 Å². The van der Waals surface area contributed by atoms with Gasteiger partial charge in [-0.25, -0.2) is 0 Å². The van der Waals surface area contributed by atoms with Gasteiger partial charge >= 0.3 is 0 Å². The van der Waals surface area contributed by atoms with Crippen LogP contribution in [0.4, 0.5) is 0 Å². The summed E-state index contributed by atoms with van der Waals surface area (Å²) >= 11 is 0. The molecule has 146 valence electrons. The molecule has 8 unspecified atom stereocenters. The van der Waals surface area contributed by atoms with Crippen LogP contribution in [0.2, 0.25) is 0 Å². The summed E-state index contributed by atoms with van der Waals surface area (Å²) in [5.41, 5.74) is 0. The summed E-state index contributed by atoms with van der Waals surface area (Å²) in [4.78, 5) is 0. The highest BCUT2D eigenvalue weighted by atomic mass is 14.4. The largest absolute Gasteiger partial charge is 0.0851 e. The van der Waals surface area contributed by atoms with E-state index in [0.29, 0.717) is 0 Å². The van der Waals surface area contributed by atoms with Gasteiger partial charge in [0.15, 0.2) is 0 Å². The van der Waals surface area contributed by atoms with E-state index in [9.17, 15) is 0 Å². The summed E-state index contributed by atoms with van der Waals surface area (Å²) in [5, 5.41) is 0. The average Bonchev–Trinajstić information content (AvgIpc) is 3.42. The fourth-order valence-electron chi connectivity index (χ4n) is 6.72. The van der Waals surface area contributed by atoms with Gasteiger partial charge in [-0.1, -0.05) is 76.7 Å². The lowest BCUT2D eigenvalue weighted by Gasteiger charge is -2.21. The number of hydrogen-bond donors (Lipinski definition) is 0. The van der Waals surface area contributed by atoms with E-state index in [-0.39, 0.29) is 0 Å². The first-order valence-electron chi connectivity index (χ1n) is 12.0. The summed E-state index contributed by atoms with van der Waals surface area (Å²) in [5.74, 6) is 7.80. The lowest BCUT2D eigenvalue weighted by molar-refractivity contribution is 0.335. The van der Waals surface area contributed by atoms with Crippen LogP contribution in [0.1, 0.15) is 90.9 Å². The van der Waals surface area contributed by atoms with Gasteiger partial charge in [0.1, 0.15) is 0 Å². The molecule has 0 aliphatic heterocycles. The molecule has 4 bridgehead atoms. The van der Waals surface area contributed by atoms with E-state index in [4.69, 9.17) is 0 Å². The zero-order valence-electron chi connectivity index (χ0n) is 17.4. The van der Waals surface area contributed by atoms with Crippen molar-refractivity contribution in [1.29, 1.82) is 0 Å². The molecule has 0 N–H and O–H groups in total. The van der Waals surface area contributed by atoms with Crippen LogP contribution in [0.15, 0.2) is 24.3 Å². The zero-order chi connectivity index (χ0) is 17.9. The van der Waals surface area contributed by atoms with Gasteiger partial charge in [0.05, 0.1) is 0 Å². The second kappa shape index (κ2) is 8.66. The summed E-state index contributed by atoms with van der Waals surface area (Å²) in [6.07, 6.45) is 27.8. The lowest BCUT2D eigenvalue weighted by atomic mass is 9.85. The third-order valence-corrected chi connectivity index (χ3v) is 8.54. The molecule has 0 radical (unpaired) electrons. The first-order chi connectivity index (χ1) is 12.7. The minimum Gasteiger partial charge on any atom is -0.0851 e. The van der Waals surface area contributed by atoms with Crippen LogP contribution in [-0.2, 0) is 0 Å². The third kappa shape index (κ3) is 4.66. The molecule has 2 fully saturated rings. The number of allylic oxidation sites excluding steroid dienone is 4. The molecule has 0 heteroatoms. The molecule has 8 atom stereocenters. The maximum atomic E-state index is 2.53. The Morgan fingerprint density at radius 3 is 1.42 bits per heavy atom. The monoisotopic (exact) mass is 354 g/mol. The third-order valence-electron chi connectivity index (χ3n) is 8.54. The molecule has 0 amide bonds. The van der Waals surface area contributed by atoms with Crippen LogP contribution in [0.25, 0.3) is 0 Å². The fraction of sp³-hybridized carbons (Fsp3) is 0.846. The van der Waals surface area contributed by atoms with Crippen LogP contribution >= 0.6 is 0 Å². The summed E-state index contributed by atoms with van der Waals surface area (Å²) in [6, 6.07) is 0. The first-order valence-corrected chi connectivity index (χ1v) is 12.0. The molecular formula is C26H42. The van der Waals surface area contributed by atoms with Crippen molar-refractivity contribution in [3.05, 3.63) is 24.3 Å². The fourth-order valence-corrected chi connectivity index (χ4v) is 6.72. The van der Waals surface area contributed by atoms with Crippen LogP contribution in [0.5, 0.6) is 0 Å². The lowest BCUT2D eigenvalue weighted by Crippen LogP contribution is -2.09. The minimum absolute atomic E-state index is 0.953. The van der Waals surface area contributed by atoms with Crippen molar-refractivity contribution in [3.8, 4) is 0 Å². The topological polar surface area (TPSA) is 0 Å². The molecule has 4 aliphatic carbocycles.